The number of carbonyl (C=O) groups is 2. The van der Waals surface area contributed by atoms with E-state index in [1.165, 1.54) is 12.1 Å². The SMILES string of the molecule is Cl.NC(CNC(=O)CNC(=O)NCc1ccc([N+](=O)[O-])cc1)C1CC1. The summed E-state index contributed by atoms with van der Waals surface area (Å²) in [7, 11) is 0. The summed E-state index contributed by atoms with van der Waals surface area (Å²) < 4.78 is 0. The van der Waals surface area contributed by atoms with Crippen molar-refractivity contribution in [3.63, 3.8) is 0 Å². The van der Waals surface area contributed by atoms with Crippen LogP contribution < -0.4 is 21.7 Å². The number of hydrogen-bond acceptors (Lipinski definition) is 5. The van der Waals surface area contributed by atoms with Crippen LogP contribution in [-0.4, -0.2) is 36.0 Å². The topological polar surface area (TPSA) is 139 Å². The van der Waals surface area contributed by atoms with Gasteiger partial charge >= 0.3 is 6.03 Å². The number of nitro groups is 1. The molecule has 1 fully saturated rings. The molecular formula is C15H22ClN5O4. The van der Waals surface area contributed by atoms with E-state index in [9.17, 15) is 19.7 Å². The summed E-state index contributed by atoms with van der Waals surface area (Å²) in [6, 6.07) is 5.34. The van der Waals surface area contributed by atoms with Gasteiger partial charge < -0.3 is 21.7 Å². The van der Waals surface area contributed by atoms with Gasteiger partial charge in [0.1, 0.15) is 0 Å². The van der Waals surface area contributed by atoms with Gasteiger partial charge in [0, 0.05) is 31.3 Å². The Morgan fingerprint density at radius 2 is 1.84 bits per heavy atom. The lowest BCUT2D eigenvalue weighted by Gasteiger charge is -2.12. The second-order valence-electron chi connectivity index (χ2n) is 5.77. The number of non-ortho nitro benzene ring substituents is 1. The predicted octanol–water partition coefficient (Wildman–Crippen LogP) is 0.669. The maximum absolute atomic E-state index is 11.6. The van der Waals surface area contributed by atoms with Crippen LogP contribution in [0.4, 0.5) is 10.5 Å². The first-order valence-corrected chi connectivity index (χ1v) is 7.73. The van der Waals surface area contributed by atoms with Gasteiger partial charge in [0.25, 0.3) is 5.69 Å². The fourth-order valence-electron chi connectivity index (χ4n) is 2.13. The first-order valence-electron chi connectivity index (χ1n) is 7.73. The van der Waals surface area contributed by atoms with Gasteiger partial charge in [-0.05, 0) is 24.3 Å². The summed E-state index contributed by atoms with van der Waals surface area (Å²) in [5, 5.41) is 18.2. The molecule has 1 saturated carbocycles. The van der Waals surface area contributed by atoms with Crippen LogP contribution in [0.2, 0.25) is 0 Å². The van der Waals surface area contributed by atoms with Crippen LogP contribution in [0.15, 0.2) is 24.3 Å². The third kappa shape index (κ3) is 7.36. The molecule has 1 aliphatic rings. The smallest absolute Gasteiger partial charge is 0.315 e. The highest BCUT2D eigenvalue weighted by molar-refractivity contribution is 5.85. The second-order valence-corrected chi connectivity index (χ2v) is 5.77. The number of nitrogens with two attached hydrogens (primary N) is 1. The van der Waals surface area contributed by atoms with E-state index in [-0.39, 0.29) is 43.1 Å². The van der Waals surface area contributed by atoms with E-state index in [4.69, 9.17) is 5.73 Å². The molecule has 9 nitrogen and oxygen atoms in total. The lowest BCUT2D eigenvalue weighted by Crippen LogP contribution is -2.45. The van der Waals surface area contributed by atoms with E-state index in [0.29, 0.717) is 12.5 Å². The van der Waals surface area contributed by atoms with Crippen molar-refractivity contribution in [3.05, 3.63) is 39.9 Å². The van der Waals surface area contributed by atoms with Gasteiger partial charge in [0.05, 0.1) is 11.5 Å². The minimum absolute atomic E-state index is 0. The number of nitrogens with zero attached hydrogens (tertiary/aromatic N) is 1. The molecule has 0 heterocycles. The number of amides is 3. The Morgan fingerprint density at radius 3 is 2.40 bits per heavy atom. The average molecular weight is 372 g/mol. The van der Waals surface area contributed by atoms with Gasteiger partial charge in [-0.3, -0.25) is 14.9 Å². The number of urea groups is 1. The Hall–Kier alpha value is -2.39. The standard InChI is InChI=1S/C15H21N5O4.ClH/c16-13(11-3-4-11)8-17-14(21)9-19-15(22)18-7-10-1-5-12(6-2-10)20(23)24;/h1-2,5-6,11,13H,3-4,7-9,16H2,(H,17,21)(H2,18,19,22);1H. The number of carbonyl (C=O) groups excluding carboxylic acids is 2. The molecule has 138 valence electrons. The summed E-state index contributed by atoms with van der Waals surface area (Å²) in [6.45, 7) is 0.483. The Kier molecular flexibility index (Phi) is 8.09. The van der Waals surface area contributed by atoms with Crippen molar-refractivity contribution in [2.75, 3.05) is 13.1 Å². The summed E-state index contributed by atoms with van der Waals surface area (Å²) >= 11 is 0. The quantitative estimate of drug-likeness (QED) is 0.393. The summed E-state index contributed by atoms with van der Waals surface area (Å²) in [5.74, 6) is 0.208. The molecule has 0 radical (unpaired) electrons. The number of nitro benzene ring substituents is 1. The lowest BCUT2D eigenvalue weighted by atomic mass is 10.2. The number of nitrogens with one attached hydrogen (secondary N) is 3. The number of rotatable bonds is 8. The van der Waals surface area contributed by atoms with Gasteiger partial charge in [0.2, 0.25) is 5.91 Å². The van der Waals surface area contributed by atoms with Gasteiger partial charge in [-0.2, -0.15) is 0 Å². The molecule has 0 spiro atoms. The minimum atomic E-state index is -0.491. The Bertz CT molecular complexity index is 606. The van der Waals surface area contributed by atoms with Crippen molar-refractivity contribution in [1.29, 1.82) is 0 Å². The van der Waals surface area contributed by atoms with Gasteiger partial charge in [-0.25, -0.2) is 4.79 Å². The molecular weight excluding hydrogens is 350 g/mol. The van der Waals surface area contributed by atoms with Gasteiger partial charge in [-0.1, -0.05) is 12.1 Å². The van der Waals surface area contributed by atoms with Crippen LogP contribution >= 0.6 is 12.4 Å². The molecule has 0 saturated heterocycles. The van der Waals surface area contributed by atoms with Crippen molar-refractivity contribution in [2.45, 2.75) is 25.4 Å². The molecule has 1 aromatic rings. The fourth-order valence-corrected chi connectivity index (χ4v) is 2.13. The van der Waals surface area contributed by atoms with Crippen LogP contribution in [0.5, 0.6) is 0 Å². The fraction of sp³-hybridized carbons (Fsp3) is 0.467. The molecule has 3 amide bonds. The van der Waals surface area contributed by atoms with E-state index >= 15 is 0 Å². The van der Waals surface area contributed by atoms with Crippen LogP contribution in [0.3, 0.4) is 0 Å². The molecule has 10 heteroatoms. The van der Waals surface area contributed by atoms with Crippen LogP contribution in [0.1, 0.15) is 18.4 Å². The minimum Gasteiger partial charge on any atom is -0.353 e. The maximum Gasteiger partial charge on any atom is 0.315 e. The molecule has 25 heavy (non-hydrogen) atoms. The summed E-state index contributed by atoms with van der Waals surface area (Å²) in [6.07, 6.45) is 2.22. The second kappa shape index (κ2) is 9.80. The monoisotopic (exact) mass is 371 g/mol. The zero-order valence-corrected chi connectivity index (χ0v) is 14.4. The molecule has 0 aliphatic heterocycles. The molecule has 1 unspecified atom stereocenters. The third-order valence-corrected chi connectivity index (χ3v) is 3.77. The van der Waals surface area contributed by atoms with Gasteiger partial charge in [0.15, 0.2) is 0 Å². The highest BCUT2D eigenvalue weighted by Gasteiger charge is 2.28. The van der Waals surface area contributed by atoms with Crippen molar-refractivity contribution in [3.8, 4) is 0 Å². The van der Waals surface area contributed by atoms with E-state index in [0.717, 1.165) is 18.4 Å². The number of halogens is 1. The lowest BCUT2D eigenvalue weighted by molar-refractivity contribution is -0.384. The van der Waals surface area contributed by atoms with E-state index < -0.39 is 11.0 Å². The molecule has 0 bridgehead atoms. The van der Waals surface area contributed by atoms with E-state index in [1.807, 2.05) is 0 Å². The highest BCUT2D eigenvalue weighted by Crippen LogP contribution is 2.31. The Labute approximate surface area is 151 Å². The van der Waals surface area contributed by atoms with Crippen molar-refractivity contribution in [1.82, 2.24) is 16.0 Å². The van der Waals surface area contributed by atoms with Crippen molar-refractivity contribution in [2.24, 2.45) is 11.7 Å². The normalized spacial score (nSPS) is 14.0. The Balaban J connectivity index is 0.00000312. The van der Waals surface area contributed by atoms with Crippen molar-refractivity contribution >= 4 is 30.0 Å². The van der Waals surface area contributed by atoms with E-state index in [1.54, 1.807) is 12.1 Å². The predicted molar refractivity (Wildman–Crippen MR) is 94.3 cm³/mol. The van der Waals surface area contributed by atoms with Crippen molar-refractivity contribution < 1.29 is 14.5 Å². The molecule has 1 atom stereocenters. The average Bonchev–Trinajstić information content (AvgIpc) is 3.41. The van der Waals surface area contributed by atoms with Crippen LogP contribution in [0, 0.1) is 16.0 Å². The Morgan fingerprint density at radius 1 is 1.20 bits per heavy atom. The van der Waals surface area contributed by atoms with Gasteiger partial charge in [-0.15, -0.1) is 12.4 Å². The molecule has 5 N–H and O–H groups in total. The molecule has 0 aromatic heterocycles. The largest absolute Gasteiger partial charge is 0.353 e. The molecule has 1 aromatic carbocycles. The zero-order valence-electron chi connectivity index (χ0n) is 13.6. The van der Waals surface area contributed by atoms with Crippen LogP contribution in [0.25, 0.3) is 0 Å². The third-order valence-electron chi connectivity index (χ3n) is 3.77. The van der Waals surface area contributed by atoms with Crippen LogP contribution in [-0.2, 0) is 11.3 Å². The van der Waals surface area contributed by atoms with E-state index in [2.05, 4.69) is 16.0 Å². The first kappa shape index (κ1) is 20.7. The first-order chi connectivity index (χ1) is 11.5. The molecule has 1 aliphatic carbocycles. The summed E-state index contributed by atoms with van der Waals surface area (Å²) in [5.41, 5.74) is 6.58. The summed E-state index contributed by atoms with van der Waals surface area (Å²) in [4.78, 5) is 33.3. The zero-order chi connectivity index (χ0) is 17.5. The highest BCUT2D eigenvalue weighted by atomic mass is 35.5. The number of hydrogen-bond donors (Lipinski definition) is 4. The maximum atomic E-state index is 11.6. The number of benzene rings is 1. The molecule has 2 rings (SSSR count).